The quantitative estimate of drug-likeness (QED) is 0.827. The Bertz CT molecular complexity index is 497. The van der Waals surface area contributed by atoms with Gasteiger partial charge in [-0.2, -0.15) is 4.31 Å². The first-order valence-electron chi connectivity index (χ1n) is 5.97. The molecule has 1 aromatic rings. The van der Waals surface area contributed by atoms with Gasteiger partial charge in [0.25, 0.3) is 0 Å². The van der Waals surface area contributed by atoms with E-state index in [-0.39, 0.29) is 17.6 Å². The summed E-state index contributed by atoms with van der Waals surface area (Å²) in [7, 11) is -3.48. The Kier molecular flexibility index (Phi) is 4.06. The lowest BCUT2D eigenvalue weighted by Crippen LogP contribution is -2.45. The minimum absolute atomic E-state index is 0.0372. The van der Waals surface area contributed by atoms with Crippen LogP contribution in [0.4, 0.5) is 0 Å². The molecule has 0 radical (unpaired) electrons. The lowest BCUT2D eigenvalue weighted by atomic mass is 10.2. The van der Waals surface area contributed by atoms with E-state index in [1.807, 2.05) is 6.92 Å². The molecule has 1 saturated heterocycles. The molecule has 2 N–H and O–H groups in total. The highest BCUT2D eigenvalue weighted by atomic mass is 32.2. The van der Waals surface area contributed by atoms with E-state index >= 15 is 0 Å². The van der Waals surface area contributed by atoms with Gasteiger partial charge in [0, 0.05) is 25.0 Å². The van der Waals surface area contributed by atoms with E-state index in [1.54, 1.807) is 0 Å². The van der Waals surface area contributed by atoms with Crippen molar-refractivity contribution < 1.29 is 18.3 Å². The maximum atomic E-state index is 12.3. The van der Waals surface area contributed by atoms with Crippen LogP contribution in [0.5, 0.6) is 0 Å². The van der Waals surface area contributed by atoms with Crippen LogP contribution in [-0.2, 0) is 21.4 Å². The van der Waals surface area contributed by atoms with Crippen LogP contribution in [0.15, 0.2) is 17.2 Å². The van der Waals surface area contributed by atoms with Crippen LogP contribution in [0.2, 0.25) is 0 Å². The molecule has 2 rings (SSSR count). The van der Waals surface area contributed by atoms with Gasteiger partial charge in [0.2, 0.25) is 10.0 Å². The van der Waals surface area contributed by atoms with Gasteiger partial charge in [-0.1, -0.05) is 6.92 Å². The number of rotatable bonds is 4. The fraction of sp³-hybridized carbons (Fsp3) is 0.636. The number of aromatic amines is 1. The first-order valence-corrected chi connectivity index (χ1v) is 7.42. The normalized spacial score (nSPS) is 22.2. The standard InChI is InChI=1S/C11H18N2O4S/c1-2-10-7-13(3-4-17-10)18(15,16)11-5-9(8-14)12-6-11/h5-6,10,12,14H,2-4,7-8H2,1H3. The molecule has 0 aliphatic carbocycles. The van der Waals surface area contributed by atoms with Crippen molar-refractivity contribution in [3.8, 4) is 0 Å². The molecule has 0 spiro atoms. The Morgan fingerprint density at radius 2 is 2.39 bits per heavy atom. The summed E-state index contributed by atoms with van der Waals surface area (Å²) in [6.07, 6.45) is 2.17. The zero-order valence-corrected chi connectivity index (χ0v) is 11.1. The van der Waals surface area contributed by atoms with Crippen LogP contribution >= 0.6 is 0 Å². The number of ether oxygens (including phenoxy) is 1. The van der Waals surface area contributed by atoms with Gasteiger partial charge >= 0.3 is 0 Å². The van der Waals surface area contributed by atoms with Gasteiger partial charge in [0.15, 0.2) is 0 Å². The number of nitrogens with one attached hydrogen (secondary N) is 1. The van der Waals surface area contributed by atoms with Crippen LogP contribution in [-0.4, -0.2) is 48.6 Å². The average molecular weight is 274 g/mol. The number of hydrogen-bond donors (Lipinski definition) is 2. The molecule has 1 fully saturated rings. The third-order valence-corrected chi connectivity index (χ3v) is 4.92. The van der Waals surface area contributed by atoms with E-state index in [2.05, 4.69) is 4.98 Å². The van der Waals surface area contributed by atoms with Crippen LogP contribution in [0.25, 0.3) is 0 Å². The molecular weight excluding hydrogens is 256 g/mol. The van der Waals surface area contributed by atoms with E-state index in [4.69, 9.17) is 9.84 Å². The van der Waals surface area contributed by atoms with Gasteiger partial charge < -0.3 is 14.8 Å². The monoisotopic (exact) mass is 274 g/mol. The first-order chi connectivity index (χ1) is 8.57. The van der Waals surface area contributed by atoms with Gasteiger partial charge in [-0.3, -0.25) is 0 Å². The minimum atomic E-state index is -3.48. The smallest absolute Gasteiger partial charge is 0.244 e. The highest BCUT2D eigenvalue weighted by Gasteiger charge is 2.30. The molecule has 0 amide bonds. The zero-order valence-electron chi connectivity index (χ0n) is 10.3. The Morgan fingerprint density at radius 1 is 1.61 bits per heavy atom. The van der Waals surface area contributed by atoms with Gasteiger partial charge in [-0.15, -0.1) is 0 Å². The fourth-order valence-electron chi connectivity index (χ4n) is 1.97. The van der Waals surface area contributed by atoms with E-state index < -0.39 is 10.0 Å². The summed E-state index contributed by atoms with van der Waals surface area (Å²) in [5, 5.41) is 8.95. The fourth-order valence-corrected chi connectivity index (χ4v) is 3.44. The van der Waals surface area contributed by atoms with Gasteiger partial charge in [-0.25, -0.2) is 8.42 Å². The third-order valence-electron chi connectivity index (χ3n) is 3.08. The van der Waals surface area contributed by atoms with Crippen LogP contribution < -0.4 is 0 Å². The molecule has 1 aliphatic rings. The Morgan fingerprint density at radius 3 is 3.00 bits per heavy atom. The van der Waals surface area contributed by atoms with E-state index in [9.17, 15) is 8.42 Å². The number of aromatic nitrogens is 1. The maximum Gasteiger partial charge on any atom is 0.244 e. The van der Waals surface area contributed by atoms with Gasteiger partial charge in [0.05, 0.1) is 24.2 Å². The van der Waals surface area contributed by atoms with Crippen molar-refractivity contribution in [1.29, 1.82) is 0 Å². The second kappa shape index (κ2) is 5.40. The van der Waals surface area contributed by atoms with Crippen LogP contribution in [0, 0.1) is 0 Å². The predicted molar refractivity (Wildman–Crippen MR) is 65.5 cm³/mol. The van der Waals surface area contributed by atoms with Crippen LogP contribution in [0.3, 0.4) is 0 Å². The second-order valence-electron chi connectivity index (χ2n) is 4.28. The molecule has 7 heteroatoms. The van der Waals surface area contributed by atoms with Crippen molar-refractivity contribution in [3.63, 3.8) is 0 Å². The van der Waals surface area contributed by atoms with Crippen molar-refractivity contribution in [1.82, 2.24) is 9.29 Å². The summed E-state index contributed by atoms with van der Waals surface area (Å²) >= 11 is 0. The summed E-state index contributed by atoms with van der Waals surface area (Å²) in [5.41, 5.74) is 0.494. The Labute approximate surface area is 107 Å². The summed E-state index contributed by atoms with van der Waals surface area (Å²) in [4.78, 5) is 2.94. The third kappa shape index (κ3) is 2.59. The number of sulfonamides is 1. The molecule has 1 unspecified atom stereocenters. The molecule has 0 bridgehead atoms. The first kappa shape index (κ1) is 13.5. The van der Waals surface area contributed by atoms with Gasteiger partial charge in [-0.05, 0) is 12.5 Å². The number of nitrogens with zero attached hydrogens (tertiary/aromatic N) is 1. The summed E-state index contributed by atoms with van der Waals surface area (Å²) in [5.74, 6) is 0. The maximum absolute atomic E-state index is 12.3. The van der Waals surface area contributed by atoms with Crippen molar-refractivity contribution >= 4 is 10.0 Å². The van der Waals surface area contributed by atoms with Crippen molar-refractivity contribution in [3.05, 3.63) is 18.0 Å². The molecule has 0 saturated carbocycles. The number of aliphatic hydroxyl groups excluding tert-OH is 1. The highest BCUT2D eigenvalue weighted by Crippen LogP contribution is 2.20. The van der Waals surface area contributed by atoms with Crippen molar-refractivity contribution in [2.45, 2.75) is 31.0 Å². The van der Waals surface area contributed by atoms with Crippen molar-refractivity contribution in [2.24, 2.45) is 0 Å². The molecule has 1 aromatic heterocycles. The predicted octanol–water partition coefficient (Wildman–Crippen LogP) is 0.307. The lowest BCUT2D eigenvalue weighted by molar-refractivity contribution is -0.00277. The molecule has 6 nitrogen and oxygen atoms in total. The molecule has 18 heavy (non-hydrogen) atoms. The molecule has 2 heterocycles. The largest absolute Gasteiger partial charge is 0.390 e. The van der Waals surface area contributed by atoms with Crippen molar-refractivity contribution in [2.75, 3.05) is 19.7 Å². The number of hydrogen-bond acceptors (Lipinski definition) is 4. The van der Waals surface area contributed by atoms with Crippen LogP contribution in [0.1, 0.15) is 19.0 Å². The molecule has 1 aliphatic heterocycles. The number of morpholine rings is 1. The Balaban J connectivity index is 2.19. The molecule has 0 aromatic carbocycles. The van der Waals surface area contributed by atoms with Gasteiger partial charge in [0.1, 0.15) is 0 Å². The molecule has 102 valence electrons. The number of H-pyrrole nitrogens is 1. The summed E-state index contributed by atoms with van der Waals surface area (Å²) in [6, 6.07) is 1.46. The second-order valence-corrected chi connectivity index (χ2v) is 6.22. The zero-order chi connectivity index (χ0) is 13.2. The molecular formula is C11H18N2O4S. The summed E-state index contributed by atoms with van der Waals surface area (Å²) < 4.78 is 31.6. The lowest BCUT2D eigenvalue weighted by Gasteiger charge is -2.31. The number of aliphatic hydroxyl groups is 1. The summed E-state index contributed by atoms with van der Waals surface area (Å²) in [6.45, 7) is 2.96. The highest BCUT2D eigenvalue weighted by molar-refractivity contribution is 7.89. The van der Waals surface area contributed by atoms with E-state index in [0.717, 1.165) is 6.42 Å². The topological polar surface area (TPSA) is 82.6 Å². The average Bonchev–Trinajstić information content (AvgIpc) is 2.88. The SMILES string of the molecule is CCC1CN(S(=O)(=O)c2c[nH]c(CO)c2)CCO1. The molecule has 1 atom stereocenters. The Hall–Kier alpha value is -0.890. The van der Waals surface area contributed by atoms with E-state index in [1.165, 1.54) is 16.6 Å². The van der Waals surface area contributed by atoms with E-state index in [0.29, 0.717) is 25.4 Å². The minimum Gasteiger partial charge on any atom is -0.390 e.